The van der Waals surface area contributed by atoms with Crippen LogP contribution < -0.4 is 5.32 Å². The lowest BCUT2D eigenvalue weighted by Gasteiger charge is -2.26. The summed E-state index contributed by atoms with van der Waals surface area (Å²) in [6.07, 6.45) is 0.369. The molecule has 0 aliphatic carbocycles. The first-order valence-electron chi connectivity index (χ1n) is 6.10. The van der Waals surface area contributed by atoms with Crippen molar-refractivity contribution in [3.8, 4) is 0 Å². The summed E-state index contributed by atoms with van der Waals surface area (Å²) >= 11 is 0. The van der Waals surface area contributed by atoms with Gasteiger partial charge in [0.1, 0.15) is 5.82 Å². The number of rotatable bonds is 4. The fraction of sp³-hybridized carbons (Fsp3) is 0.462. The van der Waals surface area contributed by atoms with Crippen molar-refractivity contribution in [2.75, 3.05) is 38.2 Å². The first-order valence-corrected chi connectivity index (χ1v) is 6.10. The van der Waals surface area contributed by atoms with Gasteiger partial charge in [-0.3, -0.25) is 9.69 Å². The van der Waals surface area contributed by atoms with E-state index in [-0.39, 0.29) is 11.6 Å². The molecule has 1 aromatic rings. The second-order valence-electron chi connectivity index (χ2n) is 4.23. The Bertz CT molecular complexity index is 406. The molecule has 0 aromatic heterocycles. The van der Waals surface area contributed by atoms with Gasteiger partial charge in [-0.2, -0.15) is 0 Å². The van der Waals surface area contributed by atoms with Crippen molar-refractivity contribution in [3.05, 3.63) is 30.1 Å². The summed E-state index contributed by atoms with van der Waals surface area (Å²) in [7, 11) is 0. The van der Waals surface area contributed by atoms with Crippen molar-refractivity contribution in [3.63, 3.8) is 0 Å². The Balaban J connectivity index is 1.76. The quantitative estimate of drug-likeness (QED) is 0.882. The van der Waals surface area contributed by atoms with Crippen LogP contribution in [0.15, 0.2) is 24.3 Å². The van der Waals surface area contributed by atoms with E-state index < -0.39 is 5.82 Å². The van der Waals surface area contributed by atoms with E-state index in [1.165, 1.54) is 6.07 Å². The van der Waals surface area contributed by atoms with Gasteiger partial charge in [0.15, 0.2) is 0 Å². The zero-order valence-corrected chi connectivity index (χ0v) is 10.2. The molecule has 1 aliphatic heterocycles. The topological polar surface area (TPSA) is 41.6 Å². The lowest BCUT2D eigenvalue weighted by Crippen LogP contribution is -2.38. The highest BCUT2D eigenvalue weighted by atomic mass is 19.1. The van der Waals surface area contributed by atoms with Gasteiger partial charge in [0.05, 0.1) is 18.9 Å². The van der Waals surface area contributed by atoms with Crippen molar-refractivity contribution in [1.82, 2.24) is 4.90 Å². The molecule has 2 rings (SSSR count). The summed E-state index contributed by atoms with van der Waals surface area (Å²) in [5.41, 5.74) is 0.240. The molecular weight excluding hydrogens is 235 g/mol. The van der Waals surface area contributed by atoms with Crippen LogP contribution in [-0.4, -0.2) is 43.7 Å². The number of nitrogens with one attached hydrogen (secondary N) is 1. The molecule has 1 saturated heterocycles. The number of morpholine rings is 1. The first-order chi connectivity index (χ1) is 8.75. The van der Waals surface area contributed by atoms with Gasteiger partial charge in [0.2, 0.25) is 5.91 Å². The summed E-state index contributed by atoms with van der Waals surface area (Å²) in [5, 5.41) is 2.58. The normalized spacial score (nSPS) is 16.5. The van der Waals surface area contributed by atoms with E-state index in [0.717, 1.165) is 26.3 Å². The van der Waals surface area contributed by atoms with Gasteiger partial charge in [0.25, 0.3) is 0 Å². The maximum absolute atomic E-state index is 13.3. The van der Waals surface area contributed by atoms with Crippen LogP contribution in [-0.2, 0) is 9.53 Å². The zero-order chi connectivity index (χ0) is 12.8. The third-order valence-corrected chi connectivity index (χ3v) is 2.91. The number of carbonyl (C=O) groups excluding carboxylic acids is 1. The van der Waals surface area contributed by atoms with Crippen LogP contribution in [0, 0.1) is 5.82 Å². The molecule has 1 aromatic carbocycles. The second-order valence-corrected chi connectivity index (χ2v) is 4.23. The summed E-state index contributed by atoms with van der Waals surface area (Å²) in [4.78, 5) is 13.8. The molecule has 1 heterocycles. The maximum atomic E-state index is 13.3. The Morgan fingerprint density at radius 3 is 2.78 bits per heavy atom. The van der Waals surface area contributed by atoms with E-state index in [1.54, 1.807) is 18.2 Å². The minimum absolute atomic E-state index is 0.161. The van der Waals surface area contributed by atoms with Crippen LogP contribution >= 0.6 is 0 Å². The number of amides is 1. The lowest BCUT2D eigenvalue weighted by molar-refractivity contribution is -0.116. The molecule has 0 atom stereocenters. The number of para-hydroxylation sites is 1. The fourth-order valence-electron chi connectivity index (χ4n) is 1.86. The number of carbonyl (C=O) groups is 1. The van der Waals surface area contributed by atoms with Gasteiger partial charge in [-0.05, 0) is 12.1 Å². The summed E-state index contributed by atoms with van der Waals surface area (Å²) in [6.45, 7) is 3.83. The third-order valence-electron chi connectivity index (χ3n) is 2.91. The molecule has 1 fully saturated rings. The van der Waals surface area contributed by atoms with Gasteiger partial charge in [-0.25, -0.2) is 4.39 Å². The average molecular weight is 252 g/mol. The van der Waals surface area contributed by atoms with Crippen molar-refractivity contribution in [2.24, 2.45) is 0 Å². The van der Waals surface area contributed by atoms with Crippen LogP contribution in [0.1, 0.15) is 6.42 Å². The third kappa shape index (κ3) is 3.78. The van der Waals surface area contributed by atoms with Crippen molar-refractivity contribution >= 4 is 11.6 Å². The standard InChI is InChI=1S/C13H17FN2O2/c14-11-3-1-2-4-12(11)15-13(17)5-6-16-7-9-18-10-8-16/h1-4H,5-10H2,(H,15,17). The molecule has 0 radical (unpaired) electrons. The van der Waals surface area contributed by atoms with Crippen LogP contribution in [0.3, 0.4) is 0 Å². The molecule has 1 aliphatic rings. The molecule has 0 saturated carbocycles. The molecular formula is C13H17FN2O2. The van der Waals surface area contributed by atoms with E-state index in [2.05, 4.69) is 10.2 Å². The number of hydrogen-bond acceptors (Lipinski definition) is 3. The fourth-order valence-corrected chi connectivity index (χ4v) is 1.86. The molecule has 0 bridgehead atoms. The van der Waals surface area contributed by atoms with Crippen molar-refractivity contribution in [2.45, 2.75) is 6.42 Å². The Morgan fingerprint density at radius 2 is 2.06 bits per heavy atom. The van der Waals surface area contributed by atoms with Crippen LogP contribution in [0.4, 0.5) is 10.1 Å². The van der Waals surface area contributed by atoms with Gasteiger partial charge in [-0.15, -0.1) is 0 Å². The number of nitrogens with zero attached hydrogens (tertiary/aromatic N) is 1. The van der Waals surface area contributed by atoms with Crippen LogP contribution in [0.5, 0.6) is 0 Å². The van der Waals surface area contributed by atoms with Crippen molar-refractivity contribution in [1.29, 1.82) is 0 Å². The van der Waals surface area contributed by atoms with Gasteiger partial charge in [0, 0.05) is 26.1 Å². The molecule has 0 spiro atoms. The minimum Gasteiger partial charge on any atom is -0.379 e. The number of ether oxygens (including phenoxy) is 1. The Morgan fingerprint density at radius 1 is 1.33 bits per heavy atom. The Kier molecular flexibility index (Phi) is 4.66. The van der Waals surface area contributed by atoms with E-state index >= 15 is 0 Å². The van der Waals surface area contributed by atoms with Crippen LogP contribution in [0.2, 0.25) is 0 Å². The number of hydrogen-bond donors (Lipinski definition) is 1. The highest BCUT2D eigenvalue weighted by Gasteiger charge is 2.12. The van der Waals surface area contributed by atoms with E-state index in [9.17, 15) is 9.18 Å². The summed E-state index contributed by atoms with van der Waals surface area (Å²) in [6, 6.07) is 6.18. The molecule has 0 unspecified atom stereocenters. The second kappa shape index (κ2) is 6.47. The summed E-state index contributed by atoms with van der Waals surface area (Å²) < 4.78 is 18.5. The lowest BCUT2D eigenvalue weighted by atomic mass is 10.3. The van der Waals surface area contributed by atoms with E-state index in [1.807, 2.05) is 0 Å². The number of anilines is 1. The monoisotopic (exact) mass is 252 g/mol. The SMILES string of the molecule is O=C(CCN1CCOCC1)Nc1ccccc1F. The minimum atomic E-state index is -0.405. The van der Waals surface area contributed by atoms with E-state index in [0.29, 0.717) is 13.0 Å². The zero-order valence-electron chi connectivity index (χ0n) is 10.2. The molecule has 5 heteroatoms. The number of benzene rings is 1. The predicted molar refractivity (Wildman–Crippen MR) is 66.9 cm³/mol. The predicted octanol–water partition coefficient (Wildman–Crippen LogP) is 1.49. The molecule has 18 heavy (non-hydrogen) atoms. The van der Waals surface area contributed by atoms with Crippen molar-refractivity contribution < 1.29 is 13.9 Å². The Labute approximate surface area is 106 Å². The maximum Gasteiger partial charge on any atom is 0.225 e. The summed E-state index contributed by atoms with van der Waals surface area (Å²) in [5.74, 6) is -0.566. The highest BCUT2D eigenvalue weighted by Crippen LogP contribution is 2.12. The number of halogens is 1. The van der Waals surface area contributed by atoms with Crippen LogP contribution in [0.25, 0.3) is 0 Å². The Hall–Kier alpha value is -1.46. The average Bonchev–Trinajstić information content (AvgIpc) is 2.40. The molecule has 4 nitrogen and oxygen atoms in total. The highest BCUT2D eigenvalue weighted by molar-refractivity contribution is 5.90. The van der Waals surface area contributed by atoms with Gasteiger partial charge >= 0.3 is 0 Å². The van der Waals surface area contributed by atoms with Gasteiger partial charge < -0.3 is 10.1 Å². The first kappa shape index (κ1) is 13.0. The molecule has 1 N–H and O–H groups in total. The molecule has 98 valence electrons. The largest absolute Gasteiger partial charge is 0.379 e. The molecule has 1 amide bonds. The van der Waals surface area contributed by atoms with E-state index in [4.69, 9.17) is 4.74 Å². The smallest absolute Gasteiger partial charge is 0.225 e. The van der Waals surface area contributed by atoms with Gasteiger partial charge in [-0.1, -0.05) is 12.1 Å².